The number of esters is 3. The third-order valence-electron chi connectivity index (χ3n) is 7.91. The van der Waals surface area contributed by atoms with Crippen LogP contribution in [0.15, 0.2) is 12.2 Å². The summed E-state index contributed by atoms with van der Waals surface area (Å²) >= 11 is 0. The number of likely N-dealkylation sites (N-methyl/N-ethyl adjacent to an activating group) is 2. The lowest BCUT2D eigenvalue weighted by atomic mass is 10.0. The Hall–Kier alpha value is -3.03. The van der Waals surface area contributed by atoms with Gasteiger partial charge < -0.3 is 34.4 Å². The Bertz CT molecular complexity index is 985. The first kappa shape index (κ1) is 45.0. The Kier molecular flexibility index (Phi) is 24.3. The molecule has 13 nitrogen and oxygen atoms in total. The van der Waals surface area contributed by atoms with Crippen molar-refractivity contribution in [3.63, 3.8) is 0 Å². The van der Waals surface area contributed by atoms with Crippen molar-refractivity contribution in [1.29, 1.82) is 0 Å². The fraction of sp³-hybridized carbons (Fsp3) is 0.800. The molecule has 0 fully saturated rings. The van der Waals surface area contributed by atoms with Crippen LogP contribution in [0, 0.1) is 0 Å². The number of allylic oxidation sites excluding steroid dienone is 1. The van der Waals surface area contributed by atoms with Crippen LogP contribution in [0.5, 0.6) is 0 Å². The van der Waals surface area contributed by atoms with Gasteiger partial charge in [-0.25, -0.2) is 14.1 Å². The second-order valence-corrected chi connectivity index (χ2v) is 13.6. The molecule has 0 radical (unpaired) electrons. The summed E-state index contributed by atoms with van der Waals surface area (Å²) in [6, 6.07) is -0.208. The second-order valence-electron chi connectivity index (χ2n) is 13.6. The van der Waals surface area contributed by atoms with Crippen molar-refractivity contribution < 1.29 is 52.3 Å². The molecule has 48 heavy (non-hydrogen) atoms. The van der Waals surface area contributed by atoms with E-state index in [1.165, 1.54) is 13.8 Å². The van der Waals surface area contributed by atoms with E-state index in [2.05, 4.69) is 23.6 Å². The molecule has 0 spiro atoms. The minimum Gasteiger partial charge on any atom is -0.460 e. The van der Waals surface area contributed by atoms with Crippen LogP contribution in [0.3, 0.4) is 0 Å². The highest BCUT2D eigenvalue weighted by Gasteiger charge is 2.28. The highest BCUT2D eigenvalue weighted by molar-refractivity contribution is 5.76. The van der Waals surface area contributed by atoms with Crippen LogP contribution in [0.4, 0.5) is 4.79 Å². The van der Waals surface area contributed by atoms with Gasteiger partial charge in [-0.1, -0.05) is 51.2 Å². The van der Waals surface area contributed by atoms with Crippen molar-refractivity contribution in [3.8, 4) is 0 Å². The number of nitrogens with zero attached hydrogens (tertiary/aromatic N) is 2. The summed E-state index contributed by atoms with van der Waals surface area (Å²) in [4.78, 5) is 59.0. The molecule has 0 aromatic heterocycles. The largest absolute Gasteiger partial charge is 0.460 e. The quantitative estimate of drug-likeness (QED) is 0.0386. The van der Waals surface area contributed by atoms with Gasteiger partial charge in [-0.3, -0.25) is 14.4 Å². The number of aliphatic hydroxyl groups excluding tert-OH is 1. The van der Waals surface area contributed by atoms with E-state index in [4.69, 9.17) is 14.2 Å². The van der Waals surface area contributed by atoms with Gasteiger partial charge in [-0.05, 0) is 38.5 Å². The molecule has 0 aromatic rings. The SMILES string of the molecule is CCCCCC(OC(=O)C[N+](C)(C)CCOC(C)=O)C(O)CC=CCCCCCCCC(=O)NCCNC(=O)[N+](C)(C)CCOC(C)=O. The number of quaternary nitrogens is 2. The number of nitrogens with one attached hydrogen (secondary N) is 2. The van der Waals surface area contributed by atoms with Crippen LogP contribution in [0.1, 0.15) is 97.8 Å². The lowest BCUT2D eigenvalue weighted by molar-refractivity contribution is -0.883. The summed E-state index contributed by atoms with van der Waals surface area (Å²) in [5.74, 6) is -1.13. The second kappa shape index (κ2) is 25.9. The van der Waals surface area contributed by atoms with Crippen molar-refractivity contribution in [2.45, 2.75) is 110 Å². The lowest BCUT2D eigenvalue weighted by Gasteiger charge is -2.30. The van der Waals surface area contributed by atoms with E-state index in [9.17, 15) is 29.1 Å². The third-order valence-corrected chi connectivity index (χ3v) is 7.91. The van der Waals surface area contributed by atoms with E-state index in [1.54, 1.807) is 14.1 Å². The maximum absolute atomic E-state index is 12.7. The minimum atomic E-state index is -0.772. The van der Waals surface area contributed by atoms with Crippen LogP contribution < -0.4 is 10.6 Å². The number of amides is 3. The van der Waals surface area contributed by atoms with Crippen molar-refractivity contribution in [2.24, 2.45) is 0 Å². The van der Waals surface area contributed by atoms with E-state index in [0.29, 0.717) is 49.9 Å². The van der Waals surface area contributed by atoms with Gasteiger partial charge in [0.15, 0.2) is 6.54 Å². The van der Waals surface area contributed by atoms with Crippen LogP contribution in [0.2, 0.25) is 0 Å². The van der Waals surface area contributed by atoms with Gasteiger partial charge in [0, 0.05) is 33.4 Å². The monoisotopic (exact) mass is 686 g/mol. The first-order valence-electron chi connectivity index (χ1n) is 17.6. The zero-order valence-electron chi connectivity index (χ0n) is 30.9. The van der Waals surface area contributed by atoms with Gasteiger partial charge in [-0.15, -0.1) is 0 Å². The van der Waals surface area contributed by atoms with Gasteiger partial charge >= 0.3 is 23.9 Å². The van der Waals surface area contributed by atoms with Crippen LogP contribution in [-0.4, -0.2) is 130 Å². The van der Waals surface area contributed by atoms with Gasteiger partial charge in [0.25, 0.3) is 0 Å². The Balaban J connectivity index is 4.20. The summed E-state index contributed by atoms with van der Waals surface area (Å²) in [6.07, 6.45) is 12.8. The van der Waals surface area contributed by atoms with Crippen molar-refractivity contribution >= 4 is 29.8 Å². The molecular formula is C35H66N4O9+2. The highest BCUT2D eigenvalue weighted by atomic mass is 16.6. The Morgan fingerprint density at radius 1 is 0.771 bits per heavy atom. The molecule has 2 unspecified atom stereocenters. The van der Waals surface area contributed by atoms with Gasteiger partial charge in [0.1, 0.15) is 32.4 Å². The van der Waals surface area contributed by atoms with E-state index in [1.807, 2.05) is 20.2 Å². The lowest BCUT2D eigenvalue weighted by Crippen LogP contribution is -2.54. The van der Waals surface area contributed by atoms with Crippen molar-refractivity contribution in [2.75, 3.05) is 74.1 Å². The summed E-state index contributed by atoms with van der Waals surface area (Å²) in [5.41, 5.74) is 0. The molecule has 3 N–H and O–H groups in total. The van der Waals surface area contributed by atoms with Crippen LogP contribution >= 0.6 is 0 Å². The molecule has 0 aromatic carbocycles. The van der Waals surface area contributed by atoms with Crippen molar-refractivity contribution in [1.82, 2.24) is 10.6 Å². The molecule has 0 aliphatic carbocycles. The number of urea groups is 1. The molecule has 0 saturated heterocycles. The molecule has 0 bridgehead atoms. The van der Waals surface area contributed by atoms with E-state index < -0.39 is 12.2 Å². The number of carbonyl (C=O) groups is 5. The molecule has 0 rings (SSSR count). The summed E-state index contributed by atoms with van der Waals surface area (Å²) in [6.45, 7) is 6.83. The number of unbranched alkanes of at least 4 members (excludes halogenated alkanes) is 7. The fourth-order valence-electron chi connectivity index (χ4n) is 4.77. The van der Waals surface area contributed by atoms with Gasteiger partial charge in [0.2, 0.25) is 5.91 Å². The average Bonchev–Trinajstić information content (AvgIpc) is 2.98. The molecule has 3 amide bonds. The number of carbonyl (C=O) groups excluding carboxylic acids is 5. The van der Waals surface area contributed by atoms with Gasteiger partial charge in [0.05, 0.1) is 34.3 Å². The van der Waals surface area contributed by atoms with E-state index >= 15 is 0 Å². The van der Waals surface area contributed by atoms with Gasteiger partial charge in [-0.2, -0.15) is 0 Å². The third kappa shape index (κ3) is 25.0. The number of hydrogen-bond donors (Lipinski definition) is 3. The normalized spacial score (nSPS) is 13.1. The van der Waals surface area contributed by atoms with E-state index in [-0.39, 0.29) is 54.1 Å². The number of aliphatic hydroxyl groups is 1. The zero-order chi connectivity index (χ0) is 36.4. The van der Waals surface area contributed by atoms with E-state index in [0.717, 1.165) is 57.8 Å². The van der Waals surface area contributed by atoms with Crippen LogP contribution in [-0.2, 0) is 33.4 Å². The van der Waals surface area contributed by atoms with Crippen LogP contribution in [0.25, 0.3) is 0 Å². The molecule has 2 atom stereocenters. The zero-order valence-corrected chi connectivity index (χ0v) is 30.9. The number of hydrogen-bond acceptors (Lipinski definition) is 9. The molecule has 0 aliphatic rings. The summed E-state index contributed by atoms with van der Waals surface area (Å²) < 4.78 is 16.0. The minimum absolute atomic E-state index is 0.0248. The Morgan fingerprint density at radius 3 is 2.02 bits per heavy atom. The first-order valence-corrected chi connectivity index (χ1v) is 17.6. The topological polar surface area (TPSA) is 157 Å². The maximum Gasteiger partial charge on any atom is 0.416 e. The van der Waals surface area contributed by atoms with Crippen molar-refractivity contribution in [3.05, 3.63) is 12.2 Å². The molecule has 0 saturated carbocycles. The Morgan fingerprint density at radius 2 is 1.38 bits per heavy atom. The average molecular weight is 687 g/mol. The molecule has 13 heteroatoms. The number of rotatable bonds is 27. The molecular weight excluding hydrogens is 620 g/mol. The molecule has 278 valence electrons. The smallest absolute Gasteiger partial charge is 0.416 e. The maximum atomic E-state index is 12.7. The predicted molar refractivity (Wildman–Crippen MR) is 185 cm³/mol. The summed E-state index contributed by atoms with van der Waals surface area (Å²) in [7, 11) is 7.21. The summed E-state index contributed by atoms with van der Waals surface area (Å²) in [5, 5.41) is 16.4. The Labute approximate surface area is 288 Å². The standard InChI is InChI=1S/C35H64N4O9/c1-8-9-16-20-32(48-34(44)28-38(4,5)24-26-46-29(2)40)31(42)19-17-14-12-10-11-13-15-18-21-33(43)36-22-23-37-35(45)39(6,7)25-27-47-30(3)41/h14,17,31-32,42H,8-13,15-16,18-28H2,1-7H3/p+2. The molecule has 0 heterocycles. The number of ether oxygens (including phenoxy) is 3. The molecule has 0 aliphatic heterocycles. The fourth-order valence-corrected chi connectivity index (χ4v) is 4.77. The first-order chi connectivity index (χ1) is 22.6. The predicted octanol–water partition coefficient (Wildman–Crippen LogP) is 3.62. The highest BCUT2D eigenvalue weighted by Crippen LogP contribution is 2.16.